The Balaban J connectivity index is 1.61. The van der Waals surface area contributed by atoms with E-state index in [1.54, 1.807) is 6.07 Å². The molecule has 0 saturated carbocycles. The van der Waals surface area contributed by atoms with Crippen molar-refractivity contribution in [3.63, 3.8) is 0 Å². The number of aryl methyl sites for hydroxylation is 1. The minimum Gasteiger partial charge on any atom is -0.460 e. The zero-order valence-corrected chi connectivity index (χ0v) is 16.3. The Morgan fingerprint density at radius 1 is 1.37 bits per heavy atom. The summed E-state index contributed by atoms with van der Waals surface area (Å²) in [4.78, 5) is 24.2. The lowest BCUT2D eigenvalue weighted by molar-refractivity contribution is -0.133. The highest BCUT2D eigenvalue weighted by atomic mass is 16.6. The normalized spacial score (nSPS) is 24.1. The number of hydrogen-bond acceptors (Lipinski definition) is 11. The van der Waals surface area contributed by atoms with E-state index in [1.165, 1.54) is 24.0 Å². The van der Waals surface area contributed by atoms with Crippen molar-refractivity contribution in [1.82, 2.24) is 19.5 Å². The summed E-state index contributed by atoms with van der Waals surface area (Å²) in [7, 11) is 0. The molecule has 0 amide bonds. The molecule has 0 aromatic carbocycles. The van der Waals surface area contributed by atoms with Gasteiger partial charge in [-0.05, 0) is 19.1 Å². The van der Waals surface area contributed by atoms with Gasteiger partial charge in [-0.1, -0.05) is 6.92 Å². The van der Waals surface area contributed by atoms with Gasteiger partial charge in [0.15, 0.2) is 23.5 Å². The molecule has 0 bridgehead atoms. The molecule has 12 nitrogen and oxygen atoms in total. The van der Waals surface area contributed by atoms with Crippen molar-refractivity contribution in [3.05, 3.63) is 30.0 Å². The number of Topliss-reactive ketones (excluding diaryl/α,β-unsaturated/α-hetero) is 1. The van der Waals surface area contributed by atoms with Gasteiger partial charge in [0.05, 0.1) is 12.5 Å². The highest BCUT2D eigenvalue weighted by Gasteiger charge is 2.46. The summed E-state index contributed by atoms with van der Waals surface area (Å²) in [5.41, 5.74) is 9.15. The van der Waals surface area contributed by atoms with E-state index in [2.05, 4.69) is 25.5 Å². The zero-order chi connectivity index (χ0) is 21.4. The molecule has 4 atom stereocenters. The van der Waals surface area contributed by atoms with E-state index < -0.39 is 30.3 Å². The summed E-state index contributed by atoms with van der Waals surface area (Å²) >= 11 is 0. The Bertz CT molecular complexity index is 1110. The van der Waals surface area contributed by atoms with Crippen LogP contribution in [0, 0.1) is 0 Å². The summed E-state index contributed by atoms with van der Waals surface area (Å²) < 4.78 is 12.5. The number of carbonyl (C=O) groups is 1. The summed E-state index contributed by atoms with van der Waals surface area (Å²) in [6.45, 7) is 3.26. The number of imidazole rings is 1. The minimum absolute atomic E-state index is 0.0800. The maximum absolute atomic E-state index is 11.6. The number of furan rings is 1. The minimum atomic E-state index is -1.37. The van der Waals surface area contributed by atoms with Gasteiger partial charge in [-0.15, -0.1) is 0 Å². The van der Waals surface area contributed by atoms with Crippen molar-refractivity contribution in [2.45, 2.75) is 44.8 Å². The summed E-state index contributed by atoms with van der Waals surface area (Å²) in [6.07, 6.45) is -1.35. The number of nitrogens with two attached hydrogens (primary N) is 1. The average molecular weight is 415 g/mol. The molecule has 3 aromatic rings. The molecule has 0 spiro atoms. The van der Waals surface area contributed by atoms with Crippen LogP contribution < -0.4 is 11.2 Å². The number of nitrogens with zero attached hydrogens (tertiary/aromatic N) is 5. The van der Waals surface area contributed by atoms with E-state index in [0.29, 0.717) is 5.76 Å². The number of aromatic nitrogens is 4. The lowest BCUT2D eigenvalue weighted by Gasteiger charge is -2.16. The fourth-order valence-electron chi connectivity index (χ4n) is 3.21. The Morgan fingerprint density at radius 3 is 2.83 bits per heavy atom. The van der Waals surface area contributed by atoms with Crippen LogP contribution >= 0.6 is 0 Å². The third-order valence-corrected chi connectivity index (χ3v) is 4.75. The van der Waals surface area contributed by atoms with Crippen LogP contribution in [0.1, 0.15) is 31.6 Å². The van der Waals surface area contributed by atoms with Crippen LogP contribution in [0.5, 0.6) is 0 Å². The first-order chi connectivity index (χ1) is 14.4. The average Bonchev–Trinajstić information content (AvgIpc) is 3.41. The monoisotopic (exact) mass is 415 g/mol. The van der Waals surface area contributed by atoms with Crippen LogP contribution in [-0.4, -0.2) is 60.0 Å². The molecule has 0 radical (unpaired) electrons. The number of nitrogens with one attached hydrogen (secondary N) is 1. The summed E-state index contributed by atoms with van der Waals surface area (Å²) in [5.74, 6) is 1.16. The van der Waals surface area contributed by atoms with Gasteiger partial charge in [0.2, 0.25) is 5.95 Å². The number of hydrogen-bond donors (Lipinski definition) is 4. The van der Waals surface area contributed by atoms with Crippen LogP contribution in [0.25, 0.3) is 11.2 Å². The highest BCUT2D eigenvalue weighted by molar-refractivity contribution is 5.84. The van der Waals surface area contributed by atoms with Crippen LogP contribution in [0.15, 0.2) is 28.0 Å². The fourth-order valence-corrected chi connectivity index (χ4v) is 3.21. The summed E-state index contributed by atoms with van der Waals surface area (Å²) in [6, 6.07) is 3.64. The molecule has 4 heterocycles. The van der Waals surface area contributed by atoms with Crippen molar-refractivity contribution >= 4 is 34.9 Å². The van der Waals surface area contributed by atoms with Crippen molar-refractivity contribution in [2.75, 3.05) is 11.2 Å². The molecule has 0 aliphatic carbocycles. The van der Waals surface area contributed by atoms with Crippen molar-refractivity contribution in [3.8, 4) is 0 Å². The zero-order valence-electron chi connectivity index (χ0n) is 16.3. The number of nitrogen functional groups attached to an aromatic ring is 1. The first-order valence-corrected chi connectivity index (χ1v) is 9.29. The molecule has 30 heavy (non-hydrogen) atoms. The van der Waals surface area contributed by atoms with Crippen LogP contribution in [0.3, 0.4) is 0 Å². The fraction of sp³-hybridized carbons (Fsp3) is 0.389. The van der Waals surface area contributed by atoms with Crippen molar-refractivity contribution in [2.24, 2.45) is 5.10 Å². The van der Waals surface area contributed by atoms with E-state index in [0.717, 1.165) is 12.2 Å². The van der Waals surface area contributed by atoms with E-state index in [9.17, 15) is 15.0 Å². The van der Waals surface area contributed by atoms with Gasteiger partial charge in [-0.25, -0.2) is 10.4 Å². The quantitative estimate of drug-likeness (QED) is 0.322. The second-order valence-electron chi connectivity index (χ2n) is 6.82. The smallest absolute Gasteiger partial charge is 0.247 e. The van der Waals surface area contributed by atoms with Gasteiger partial charge in [0.1, 0.15) is 35.3 Å². The van der Waals surface area contributed by atoms with Crippen LogP contribution in [0.2, 0.25) is 0 Å². The predicted molar refractivity (Wildman–Crippen MR) is 106 cm³/mol. The lowest BCUT2D eigenvalue weighted by atomic mass is 10.1. The van der Waals surface area contributed by atoms with Crippen LogP contribution in [0.4, 0.5) is 11.8 Å². The maximum Gasteiger partial charge on any atom is 0.247 e. The molecule has 1 aliphatic heterocycles. The molecule has 4 rings (SSSR count). The SMILES string of the molecule is CCc1ccc(/C=N\Nc2nc(N)c3ncn([C@@H]4O[C@H](C(C)=O)[C@@H](O)[C@H]4O)c3n2)o1. The predicted octanol–water partition coefficient (Wildman–Crippen LogP) is 0.218. The Hall–Kier alpha value is -3.35. The second kappa shape index (κ2) is 7.82. The molecule has 1 fully saturated rings. The number of carbonyl (C=O) groups excluding carboxylic acids is 1. The van der Waals surface area contributed by atoms with Gasteiger partial charge < -0.3 is 25.1 Å². The Morgan fingerprint density at radius 2 is 2.17 bits per heavy atom. The lowest BCUT2D eigenvalue weighted by Crippen LogP contribution is -2.34. The van der Waals surface area contributed by atoms with Gasteiger partial charge in [0.25, 0.3) is 0 Å². The van der Waals surface area contributed by atoms with E-state index >= 15 is 0 Å². The molecule has 3 aromatic heterocycles. The molecule has 0 unspecified atom stereocenters. The molecule has 1 aliphatic rings. The van der Waals surface area contributed by atoms with Crippen molar-refractivity contribution < 1.29 is 24.2 Å². The highest BCUT2D eigenvalue weighted by Crippen LogP contribution is 2.32. The standard InChI is InChI=1S/C18H21N7O5/c1-3-9-4-5-10(29-9)6-21-24-18-22-15(19)11-16(23-18)25(7-20-11)17-13(28)12(27)14(30-17)8(2)26/h4-7,12-14,17,27-28H,3H2,1-2H3,(H3,19,22,23,24)/b21-6-/t12-,13+,14+,17+/m0/s1. The molecule has 12 heteroatoms. The third-order valence-electron chi connectivity index (χ3n) is 4.75. The Kier molecular flexibility index (Phi) is 5.20. The van der Waals surface area contributed by atoms with Gasteiger partial charge in [0, 0.05) is 6.42 Å². The topological polar surface area (TPSA) is 174 Å². The largest absolute Gasteiger partial charge is 0.460 e. The van der Waals surface area contributed by atoms with E-state index in [4.69, 9.17) is 14.9 Å². The second-order valence-corrected chi connectivity index (χ2v) is 6.82. The summed E-state index contributed by atoms with van der Waals surface area (Å²) in [5, 5.41) is 24.5. The molecule has 1 saturated heterocycles. The Labute approximate surface area is 170 Å². The number of hydrazone groups is 1. The van der Waals surface area contributed by atoms with E-state index in [-0.39, 0.29) is 22.9 Å². The molecule has 158 valence electrons. The number of aliphatic hydroxyl groups is 2. The van der Waals surface area contributed by atoms with Gasteiger partial charge >= 0.3 is 0 Å². The first kappa shape index (κ1) is 19.9. The van der Waals surface area contributed by atoms with E-state index in [1.807, 2.05) is 13.0 Å². The number of aliphatic hydroxyl groups excluding tert-OH is 2. The molecular formula is C18H21N7O5. The van der Waals surface area contributed by atoms with Gasteiger partial charge in [-0.2, -0.15) is 15.1 Å². The maximum atomic E-state index is 11.6. The number of ether oxygens (including phenoxy) is 1. The molecule has 5 N–H and O–H groups in total. The number of rotatable bonds is 6. The molecular weight excluding hydrogens is 394 g/mol. The number of anilines is 2. The first-order valence-electron chi connectivity index (χ1n) is 9.29. The number of ketones is 1. The number of fused-ring (bicyclic) bond motifs is 1. The van der Waals surface area contributed by atoms with Gasteiger partial charge in [-0.3, -0.25) is 9.36 Å². The third kappa shape index (κ3) is 3.51. The van der Waals surface area contributed by atoms with Crippen molar-refractivity contribution in [1.29, 1.82) is 0 Å². The van der Waals surface area contributed by atoms with Crippen LogP contribution in [-0.2, 0) is 16.0 Å².